The number of amides is 1. The second kappa shape index (κ2) is 7.11. The van der Waals surface area contributed by atoms with E-state index in [1.54, 1.807) is 17.9 Å². The average molecular weight is 339 g/mol. The second-order valence-electron chi connectivity index (χ2n) is 6.79. The van der Waals surface area contributed by atoms with E-state index in [0.717, 1.165) is 23.2 Å². The Hall–Kier alpha value is -2.60. The van der Waals surface area contributed by atoms with Crippen molar-refractivity contribution >= 4 is 22.5 Å². The smallest absolute Gasteiger partial charge is 0.246 e. The van der Waals surface area contributed by atoms with Crippen LogP contribution in [0.4, 0.5) is 5.69 Å². The highest BCUT2D eigenvalue weighted by atomic mass is 16.2. The molecule has 1 atom stereocenters. The number of likely N-dealkylation sites (N-methyl/N-ethyl adjacent to an activating group) is 1. The molecule has 1 aromatic carbocycles. The van der Waals surface area contributed by atoms with E-state index in [4.69, 9.17) is 0 Å². The van der Waals surface area contributed by atoms with E-state index in [1.165, 1.54) is 5.52 Å². The van der Waals surface area contributed by atoms with Crippen molar-refractivity contribution in [2.45, 2.75) is 26.4 Å². The molecule has 25 heavy (non-hydrogen) atoms. The van der Waals surface area contributed by atoms with Crippen molar-refractivity contribution in [3.8, 4) is 0 Å². The van der Waals surface area contributed by atoms with E-state index in [2.05, 4.69) is 52.5 Å². The first-order valence-corrected chi connectivity index (χ1v) is 8.53. The number of aryl methyl sites for hydroxylation is 1. The highest BCUT2D eigenvalue weighted by Crippen LogP contribution is 2.23. The van der Waals surface area contributed by atoms with Gasteiger partial charge in [-0.3, -0.25) is 9.48 Å². The van der Waals surface area contributed by atoms with E-state index in [1.807, 2.05) is 25.4 Å². The molecule has 0 aliphatic rings. The fourth-order valence-corrected chi connectivity index (χ4v) is 3.08. The number of carbonyl (C=O) groups excluding carboxylic acids is 1. The van der Waals surface area contributed by atoms with Crippen molar-refractivity contribution in [1.29, 1.82) is 0 Å². The van der Waals surface area contributed by atoms with Crippen LogP contribution in [0.1, 0.15) is 25.5 Å². The number of fused-ring (bicyclic) bond motifs is 1. The van der Waals surface area contributed by atoms with Gasteiger partial charge in [0, 0.05) is 48.1 Å². The van der Waals surface area contributed by atoms with Crippen molar-refractivity contribution in [2.24, 2.45) is 13.0 Å². The van der Waals surface area contributed by atoms with Gasteiger partial charge < -0.3 is 15.2 Å². The number of nitrogens with zero attached hydrogens (tertiary/aromatic N) is 3. The van der Waals surface area contributed by atoms with E-state index in [9.17, 15) is 4.79 Å². The van der Waals surface area contributed by atoms with Crippen LogP contribution in [0.2, 0.25) is 0 Å². The molecular weight excluding hydrogens is 314 g/mol. The van der Waals surface area contributed by atoms with Gasteiger partial charge in [0.15, 0.2) is 0 Å². The van der Waals surface area contributed by atoms with Crippen LogP contribution >= 0.6 is 0 Å². The molecule has 0 aliphatic heterocycles. The summed E-state index contributed by atoms with van der Waals surface area (Å²) in [5.74, 6) is 0.488. The van der Waals surface area contributed by atoms with E-state index < -0.39 is 6.04 Å². The molecule has 3 aromatic rings. The van der Waals surface area contributed by atoms with Crippen LogP contribution in [0.3, 0.4) is 0 Å². The molecular formula is C19H25N5O. The van der Waals surface area contributed by atoms with E-state index >= 15 is 0 Å². The molecule has 6 heteroatoms. The van der Waals surface area contributed by atoms with Crippen LogP contribution in [0.15, 0.2) is 42.9 Å². The third kappa shape index (κ3) is 3.74. The highest BCUT2D eigenvalue weighted by Gasteiger charge is 2.20. The first-order valence-electron chi connectivity index (χ1n) is 8.53. The van der Waals surface area contributed by atoms with Gasteiger partial charge in [-0.25, -0.2) is 0 Å². The lowest BCUT2D eigenvalue weighted by atomic mass is 10.1. The molecule has 2 N–H and O–H groups in total. The molecule has 1 unspecified atom stereocenters. The Morgan fingerprint density at radius 1 is 1.28 bits per heavy atom. The largest absolute Gasteiger partial charge is 0.347 e. The Labute approximate surface area is 147 Å². The number of aromatic nitrogens is 3. The summed E-state index contributed by atoms with van der Waals surface area (Å²) in [6.07, 6.45) is 5.65. The molecule has 6 nitrogen and oxygen atoms in total. The van der Waals surface area contributed by atoms with Gasteiger partial charge in [-0.05, 0) is 37.2 Å². The Morgan fingerprint density at radius 3 is 2.72 bits per heavy atom. The van der Waals surface area contributed by atoms with Gasteiger partial charge in [-0.2, -0.15) is 5.10 Å². The topological polar surface area (TPSA) is 63.9 Å². The molecule has 0 saturated carbocycles. The fourth-order valence-electron chi connectivity index (χ4n) is 3.08. The summed E-state index contributed by atoms with van der Waals surface area (Å²) in [6, 6.07) is 7.68. The molecule has 0 spiro atoms. The maximum absolute atomic E-state index is 12.6. The molecule has 0 saturated heterocycles. The quantitative estimate of drug-likeness (QED) is 0.726. The number of carbonyl (C=O) groups is 1. The second-order valence-corrected chi connectivity index (χ2v) is 6.79. The molecule has 0 aliphatic carbocycles. The summed E-state index contributed by atoms with van der Waals surface area (Å²) in [6.45, 7) is 5.39. The van der Waals surface area contributed by atoms with Gasteiger partial charge in [0.1, 0.15) is 6.04 Å². The summed E-state index contributed by atoms with van der Waals surface area (Å²) < 4.78 is 3.94. The summed E-state index contributed by atoms with van der Waals surface area (Å²) in [4.78, 5) is 12.6. The van der Waals surface area contributed by atoms with Gasteiger partial charge >= 0.3 is 0 Å². The number of hydrogen-bond acceptors (Lipinski definition) is 3. The maximum Gasteiger partial charge on any atom is 0.246 e. The Kier molecular flexibility index (Phi) is 4.90. The van der Waals surface area contributed by atoms with Gasteiger partial charge in [0.2, 0.25) is 5.91 Å². The van der Waals surface area contributed by atoms with Crippen LogP contribution < -0.4 is 10.6 Å². The zero-order valence-electron chi connectivity index (χ0n) is 15.2. The van der Waals surface area contributed by atoms with Crippen molar-refractivity contribution in [3.05, 3.63) is 48.4 Å². The molecule has 1 amide bonds. The van der Waals surface area contributed by atoms with Gasteiger partial charge in [0.25, 0.3) is 0 Å². The minimum atomic E-state index is -0.435. The van der Waals surface area contributed by atoms with E-state index in [0.29, 0.717) is 5.92 Å². The third-order valence-electron chi connectivity index (χ3n) is 4.21. The Bertz CT molecular complexity index is 877. The SMILES string of the molecule is CNC(C(=O)Nc1ccc2c(ccn2CC(C)C)c1)c1cnn(C)c1. The monoisotopic (exact) mass is 339 g/mol. The molecule has 2 aromatic heterocycles. The predicted molar refractivity (Wildman–Crippen MR) is 100 cm³/mol. The molecule has 2 heterocycles. The van der Waals surface area contributed by atoms with Crippen LogP contribution in [-0.4, -0.2) is 27.3 Å². The third-order valence-corrected chi connectivity index (χ3v) is 4.21. The summed E-state index contributed by atoms with van der Waals surface area (Å²) in [5.41, 5.74) is 2.82. The first kappa shape index (κ1) is 17.2. The normalized spacial score (nSPS) is 12.7. The zero-order valence-corrected chi connectivity index (χ0v) is 15.2. The number of nitrogens with one attached hydrogen (secondary N) is 2. The van der Waals surface area contributed by atoms with Crippen LogP contribution in [0, 0.1) is 5.92 Å². The number of anilines is 1. The molecule has 0 bridgehead atoms. The minimum Gasteiger partial charge on any atom is -0.347 e. The molecule has 3 rings (SSSR count). The molecule has 0 fully saturated rings. The van der Waals surface area contributed by atoms with Crippen LogP contribution in [0.25, 0.3) is 10.9 Å². The number of hydrogen-bond donors (Lipinski definition) is 2. The predicted octanol–water partition coefficient (Wildman–Crippen LogP) is 2.93. The maximum atomic E-state index is 12.6. The fraction of sp³-hybridized carbons (Fsp3) is 0.368. The van der Waals surface area contributed by atoms with Gasteiger partial charge in [-0.1, -0.05) is 13.8 Å². The lowest BCUT2D eigenvalue weighted by Gasteiger charge is -2.15. The minimum absolute atomic E-state index is 0.100. The first-order chi connectivity index (χ1) is 12.0. The number of rotatable bonds is 6. The van der Waals surface area contributed by atoms with Gasteiger partial charge in [-0.15, -0.1) is 0 Å². The standard InChI is InChI=1S/C19H25N5O/c1-13(2)11-24-8-7-14-9-16(5-6-17(14)24)22-19(25)18(20-3)15-10-21-23(4)12-15/h5-10,12-13,18,20H,11H2,1-4H3,(H,22,25). The van der Waals surface area contributed by atoms with Crippen molar-refractivity contribution in [2.75, 3.05) is 12.4 Å². The highest BCUT2D eigenvalue weighted by molar-refractivity contribution is 5.97. The van der Waals surface area contributed by atoms with Crippen molar-refractivity contribution in [1.82, 2.24) is 19.7 Å². The summed E-state index contributed by atoms with van der Waals surface area (Å²) in [7, 11) is 3.61. The van der Waals surface area contributed by atoms with Crippen molar-refractivity contribution < 1.29 is 4.79 Å². The lowest BCUT2D eigenvalue weighted by Crippen LogP contribution is -2.30. The molecule has 132 valence electrons. The Balaban J connectivity index is 1.79. The number of benzene rings is 1. The molecule has 0 radical (unpaired) electrons. The Morgan fingerprint density at radius 2 is 2.08 bits per heavy atom. The van der Waals surface area contributed by atoms with Gasteiger partial charge in [0.05, 0.1) is 6.20 Å². The van der Waals surface area contributed by atoms with Crippen molar-refractivity contribution in [3.63, 3.8) is 0 Å². The van der Waals surface area contributed by atoms with Crippen LogP contribution in [-0.2, 0) is 18.4 Å². The summed E-state index contributed by atoms with van der Waals surface area (Å²) in [5, 5.41) is 11.3. The zero-order chi connectivity index (χ0) is 18.0. The van der Waals surface area contributed by atoms with E-state index in [-0.39, 0.29) is 5.91 Å². The van der Waals surface area contributed by atoms with Crippen LogP contribution in [0.5, 0.6) is 0 Å². The lowest BCUT2D eigenvalue weighted by molar-refractivity contribution is -0.118. The average Bonchev–Trinajstić information content (AvgIpc) is 3.14. The summed E-state index contributed by atoms with van der Waals surface area (Å²) >= 11 is 0.